The molecule has 0 heterocycles. The summed E-state index contributed by atoms with van der Waals surface area (Å²) in [6.45, 7) is 0. The number of carbonyl (C=O) groups is 2. The Labute approximate surface area is 133 Å². The van der Waals surface area contributed by atoms with Crippen molar-refractivity contribution < 1.29 is 28.9 Å². The van der Waals surface area contributed by atoms with Crippen molar-refractivity contribution in [3.63, 3.8) is 0 Å². The molecule has 0 aromatic heterocycles. The van der Waals surface area contributed by atoms with Gasteiger partial charge in [-0.2, -0.15) is 0 Å². The predicted molar refractivity (Wildman–Crippen MR) is 77.5 cm³/mol. The van der Waals surface area contributed by atoms with Crippen LogP contribution in [-0.4, -0.2) is 21.8 Å². The predicted octanol–water partition coefficient (Wildman–Crippen LogP) is 2.01. The summed E-state index contributed by atoms with van der Waals surface area (Å²) in [5.41, 5.74) is -0.411. The second-order valence-electron chi connectivity index (χ2n) is 4.28. The van der Waals surface area contributed by atoms with E-state index in [-0.39, 0.29) is 22.9 Å². The first-order valence-corrected chi connectivity index (χ1v) is 6.29. The van der Waals surface area contributed by atoms with Gasteiger partial charge in [0.1, 0.15) is 11.5 Å². The quantitative estimate of drug-likeness (QED) is 0.272. The molecule has 0 spiro atoms. The van der Waals surface area contributed by atoms with Gasteiger partial charge in [0, 0.05) is 24.3 Å². The Balaban J connectivity index is 1.97. The largest absolute Gasteiger partial charge is 0.423 e. The monoisotopic (exact) mass is 332 g/mol. The average Bonchev–Trinajstić information content (AvgIpc) is 2.55. The Morgan fingerprint density at radius 3 is 1.21 bits per heavy atom. The minimum absolute atomic E-state index is 0.0775. The molecule has 10 heteroatoms. The summed E-state index contributed by atoms with van der Waals surface area (Å²) in [5, 5.41) is 21.0. The van der Waals surface area contributed by atoms with Gasteiger partial charge in [0.05, 0.1) is 9.85 Å². The third kappa shape index (κ3) is 4.10. The number of hydrogen-bond donors (Lipinski definition) is 0. The lowest BCUT2D eigenvalue weighted by Gasteiger charge is -2.04. The zero-order chi connectivity index (χ0) is 17.7. The fourth-order valence-electron chi connectivity index (χ4n) is 1.57. The Kier molecular flexibility index (Phi) is 4.80. The summed E-state index contributed by atoms with van der Waals surface area (Å²) in [7, 11) is 0. The summed E-state index contributed by atoms with van der Waals surface area (Å²) in [6, 6.07) is 9.00. The van der Waals surface area contributed by atoms with Crippen LogP contribution < -0.4 is 9.47 Å². The molecule has 2 rings (SSSR count). The van der Waals surface area contributed by atoms with Crippen LogP contribution in [0.3, 0.4) is 0 Å². The summed E-state index contributed by atoms with van der Waals surface area (Å²) in [5.74, 6) is -2.85. The first kappa shape index (κ1) is 16.5. The second kappa shape index (κ2) is 6.96. The standard InChI is InChI=1S/C14H8N2O8/c17-13(23-11-5-1-9(2-6-11)15(19)20)14(18)24-12-7-3-10(4-8-12)16(21)22/h1-8H. The highest BCUT2D eigenvalue weighted by Gasteiger charge is 2.20. The molecule has 0 saturated heterocycles. The van der Waals surface area contributed by atoms with Crippen LogP contribution in [0, 0.1) is 20.2 Å². The molecule has 0 unspecified atom stereocenters. The van der Waals surface area contributed by atoms with Gasteiger partial charge in [0.2, 0.25) is 0 Å². The molecule has 24 heavy (non-hydrogen) atoms. The Morgan fingerprint density at radius 2 is 0.958 bits per heavy atom. The molecule has 0 fully saturated rings. The fourth-order valence-corrected chi connectivity index (χ4v) is 1.57. The van der Waals surface area contributed by atoms with Crippen LogP contribution in [0.15, 0.2) is 48.5 Å². The van der Waals surface area contributed by atoms with Gasteiger partial charge in [0.25, 0.3) is 11.4 Å². The molecule has 2 aromatic rings. The van der Waals surface area contributed by atoms with Crippen LogP contribution in [0.4, 0.5) is 11.4 Å². The van der Waals surface area contributed by atoms with E-state index in [4.69, 9.17) is 9.47 Å². The van der Waals surface area contributed by atoms with Crippen molar-refractivity contribution >= 4 is 23.3 Å². The number of nitro benzene ring substituents is 2. The molecule has 0 aliphatic heterocycles. The maximum absolute atomic E-state index is 11.6. The van der Waals surface area contributed by atoms with Crippen molar-refractivity contribution in [2.45, 2.75) is 0 Å². The number of nitrogens with zero attached hydrogens (tertiary/aromatic N) is 2. The third-order valence-corrected chi connectivity index (χ3v) is 2.68. The van der Waals surface area contributed by atoms with E-state index in [0.717, 1.165) is 48.5 Å². The van der Waals surface area contributed by atoms with Crippen molar-refractivity contribution in [1.29, 1.82) is 0 Å². The van der Waals surface area contributed by atoms with Gasteiger partial charge < -0.3 is 9.47 Å². The van der Waals surface area contributed by atoms with Gasteiger partial charge in [-0.15, -0.1) is 0 Å². The first-order valence-electron chi connectivity index (χ1n) is 6.29. The summed E-state index contributed by atoms with van der Waals surface area (Å²) in [4.78, 5) is 42.9. The molecule has 0 aliphatic rings. The van der Waals surface area contributed by atoms with Crippen LogP contribution >= 0.6 is 0 Å². The van der Waals surface area contributed by atoms with Gasteiger partial charge in [-0.1, -0.05) is 0 Å². The maximum Gasteiger partial charge on any atom is 0.423 e. The van der Waals surface area contributed by atoms with Crippen molar-refractivity contribution in [3.05, 3.63) is 68.8 Å². The third-order valence-electron chi connectivity index (χ3n) is 2.68. The molecule has 0 saturated carbocycles. The smallest absolute Gasteiger partial charge is 0.418 e. The van der Waals surface area contributed by atoms with E-state index in [0.29, 0.717) is 0 Å². The van der Waals surface area contributed by atoms with Crippen LogP contribution in [0.25, 0.3) is 0 Å². The van der Waals surface area contributed by atoms with E-state index in [9.17, 15) is 29.8 Å². The number of ether oxygens (including phenoxy) is 2. The molecule has 0 N–H and O–H groups in total. The molecule has 0 bridgehead atoms. The summed E-state index contributed by atoms with van der Waals surface area (Å²) in [6.07, 6.45) is 0. The molecule has 2 aromatic carbocycles. The van der Waals surface area contributed by atoms with Crippen LogP contribution in [0.2, 0.25) is 0 Å². The number of non-ortho nitro benzene ring substituents is 2. The SMILES string of the molecule is O=C(Oc1ccc([N+](=O)[O-])cc1)C(=O)Oc1ccc([N+](=O)[O-])cc1. The maximum atomic E-state index is 11.6. The highest BCUT2D eigenvalue weighted by atomic mass is 16.6. The van der Waals surface area contributed by atoms with Crippen LogP contribution in [-0.2, 0) is 9.59 Å². The average molecular weight is 332 g/mol. The van der Waals surface area contributed by atoms with Gasteiger partial charge >= 0.3 is 11.9 Å². The highest BCUT2D eigenvalue weighted by molar-refractivity contribution is 6.31. The molecule has 0 aliphatic carbocycles. The molecule has 0 atom stereocenters. The Bertz CT molecular complexity index is 729. The summed E-state index contributed by atoms with van der Waals surface area (Å²) >= 11 is 0. The van der Waals surface area contributed by atoms with Gasteiger partial charge in [-0.3, -0.25) is 20.2 Å². The lowest BCUT2D eigenvalue weighted by molar-refractivity contribution is -0.385. The van der Waals surface area contributed by atoms with Crippen LogP contribution in [0.1, 0.15) is 0 Å². The van der Waals surface area contributed by atoms with E-state index >= 15 is 0 Å². The number of benzene rings is 2. The first-order chi connectivity index (χ1) is 11.4. The molecular weight excluding hydrogens is 324 g/mol. The minimum atomic E-state index is -1.35. The zero-order valence-corrected chi connectivity index (χ0v) is 11.8. The molecule has 122 valence electrons. The number of esters is 2. The van der Waals surface area contributed by atoms with Gasteiger partial charge in [-0.25, -0.2) is 9.59 Å². The highest BCUT2D eigenvalue weighted by Crippen LogP contribution is 2.19. The topological polar surface area (TPSA) is 139 Å². The molecule has 0 radical (unpaired) electrons. The number of nitro groups is 2. The lowest BCUT2D eigenvalue weighted by atomic mass is 10.3. The van der Waals surface area contributed by atoms with Crippen molar-refractivity contribution in [2.24, 2.45) is 0 Å². The van der Waals surface area contributed by atoms with Crippen molar-refractivity contribution in [1.82, 2.24) is 0 Å². The zero-order valence-electron chi connectivity index (χ0n) is 11.8. The summed E-state index contributed by atoms with van der Waals surface area (Å²) < 4.78 is 9.40. The van der Waals surface area contributed by atoms with E-state index in [2.05, 4.69) is 0 Å². The van der Waals surface area contributed by atoms with E-state index in [1.54, 1.807) is 0 Å². The minimum Gasteiger partial charge on any atom is -0.418 e. The van der Waals surface area contributed by atoms with Gasteiger partial charge in [0.15, 0.2) is 0 Å². The van der Waals surface area contributed by atoms with E-state index in [1.807, 2.05) is 0 Å². The van der Waals surface area contributed by atoms with E-state index in [1.165, 1.54) is 0 Å². The van der Waals surface area contributed by atoms with E-state index < -0.39 is 21.8 Å². The Morgan fingerprint density at radius 1 is 0.667 bits per heavy atom. The molecule has 10 nitrogen and oxygen atoms in total. The van der Waals surface area contributed by atoms with Crippen molar-refractivity contribution in [3.8, 4) is 11.5 Å². The second-order valence-corrected chi connectivity index (χ2v) is 4.28. The Hall–Kier alpha value is -3.82. The van der Waals surface area contributed by atoms with Crippen LogP contribution in [0.5, 0.6) is 11.5 Å². The van der Waals surface area contributed by atoms with Crippen molar-refractivity contribution in [2.75, 3.05) is 0 Å². The molecular formula is C14H8N2O8. The normalized spacial score (nSPS) is 9.83. The molecule has 0 amide bonds. The number of carbonyl (C=O) groups excluding carboxylic acids is 2. The number of rotatable bonds is 4. The number of hydrogen-bond acceptors (Lipinski definition) is 8. The fraction of sp³-hybridized carbons (Fsp3) is 0. The lowest BCUT2D eigenvalue weighted by Crippen LogP contribution is -2.25. The van der Waals surface area contributed by atoms with Gasteiger partial charge in [-0.05, 0) is 24.3 Å².